The Balaban J connectivity index is 1.95. The van der Waals surface area contributed by atoms with Gasteiger partial charge in [0, 0.05) is 26.3 Å². The number of ether oxygens (including phenoxy) is 3. The Kier molecular flexibility index (Phi) is 5.99. The Morgan fingerprint density at radius 3 is 2.62 bits per heavy atom. The van der Waals surface area contributed by atoms with Gasteiger partial charge in [0.1, 0.15) is 6.10 Å². The highest BCUT2D eigenvalue weighted by Crippen LogP contribution is 2.23. The molecule has 0 saturated carbocycles. The van der Waals surface area contributed by atoms with Crippen LogP contribution in [0.5, 0.6) is 0 Å². The van der Waals surface area contributed by atoms with Crippen molar-refractivity contribution in [2.45, 2.75) is 44.8 Å². The van der Waals surface area contributed by atoms with E-state index in [4.69, 9.17) is 9.47 Å². The average molecular weight is 299 g/mol. The third kappa shape index (κ3) is 4.41. The molecule has 2 heterocycles. The van der Waals surface area contributed by atoms with Crippen LogP contribution in [-0.4, -0.2) is 62.4 Å². The number of methoxy groups -OCH3 is 1. The van der Waals surface area contributed by atoms with Crippen molar-refractivity contribution in [2.24, 2.45) is 5.92 Å². The fourth-order valence-electron chi connectivity index (χ4n) is 2.85. The van der Waals surface area contributed by atoms with E-state index in [9.17, 15) is 9.59 Å². The molecule has 6 heteroatoms. The van der Waals surface area contributed by atoms with Gasteiger partial charge < -0.3 is 19.1 Å². The maximum absolute atomic E-state index is 12.6. The molecule has 0 aromatic heterocycles. The van der Waals surface area contributed by atoms with Crippen molar-refractivity contribution in [1.29, 1.82) is 0 Å². The van der Waals surface area contributed by atoms with Crippen LogP contribution in [0.3, 0.4) is 0 Å². The SMILES string of the molecule is COC(=O)CCN(CC1CCCO1)C(=O)C1OCCC1C. The van der Waals surface area contributed by atoms with Gasteiger partial charge in [0.15, 0.2) is 0 Å². The van der Waals surface area contributed by atoms with Gasteiger partial charge >= 0.3 is 5.97 Å². The summed E-state index contributed by atoms with van der Waals surface area (Å²) in [6.45, 7) is 4.29. The van der Waals surface area contributed by atoms with E-state index in [0.29, 0.717) is 19.7 Å². The second-order valence-electron chi connectivity index (χ2n) is 5.80. The van der Waals surface area contributed by atoms with E-state index in [1.807, 2.05) is 6.92 Å². The molecule has 0 bridgehead atoms. The first-order valence-corrected chi connectivity index (χ1v) is 7.70. The molecule has 2 aliphatic heterocycles. The number of carbonyl (C=O) groups is 2. The molecule has 2 aliphatic rings. The molecule has 0 spiro atoms. The molecule has 0 N–H and O–H groups in total. The van der Waals surface area contributed by atoms with Crippen LogP contribution in [0.2, 0.25) is 0 Å². The summed E-state index contributed by atoms with van der Waals surface area (Å²) in [4.78, 5) is 25.7. The number of esters is 1. The molecule has 3 atom stereocenters. The van der Waals surface area contributed by atoms with E-state index >= 15 is 0 Å². The van der Waals surface area contributed by atoms with Crippen LogP contribution in [0, 0.1) is 5.92 Å². The van der Waals surface area contributed by atoms with E-state index < -0.39 is 0 Å². The Labute approximate surface area is 125 Å². The van der Waals surface area contributed by atoms with Gasteiger partial charge in [-0.1, -0.05) is 6.92 Å². The van der Waals surface area contributed by atoms with Crippen LogP contribution >= 0.6 is 0 Å². The van der Waals surface area contributed by atoms with Crippen LogP contribution in [-0.2, 0) is 23.8 Å². The molecule has 21 heavy (non-hydrogen) atoms. The monoisotopic (exact) mass is 299 g/mol. The largest absolute Gasteiger partial charge is 0.469 e. The highest BCUT2D eigenvalue weighted by atomic mass is 16.5. The maximum atomic E-state index is 12.6. The normalized spacial score (nSPS) is 28.6. The molecular weight excluding hydrogens is 274 g/mol. The molecule has 0 radical (unpaired) electrons. The van der Waals surface area contributed by atoms with E-state index in [-0.39, 0.29) is 36.4 Å². The van der Waals surface area contributed by atoms with Crippen LogP contribution in [0.15, 0.2) is 0 Å². The molecule has 120 valence electrons. The zero-order valence-corrected chi connectivity index (χ0v) is 12.9. The van der Waals surface area contributed by atoms with Crippen molar-refractivity contribution in [2.75, 3.05) is 33.4 Å². The topological polar surface area (TPSA) is 65.1 Å². The Hall–Kier alpha value is -1.14. The Morgan fingerprint density at radius 1 is 1.24 bits per heavy atom. The van der Waals surface area contributed by atoms with Gasteiger partial charge in [-0.25, -0.2) is 0 Å². The van der Waals surface area contributed by atoms with Gasteiger partial charge in [-0.2, -0.15) is 0 Å². The smallest absolute Gasteiger partial charge is 0.307 e. The molecule has 2 rings (SSSR count). The van der Waals surface area contributed by atoms with Crippen molar-refractivity contribution in [3.63, 3.8) is 0 Å². The highest BCUT2D eigenvalue weighted by Gasteiger charge is 2.35. The van der Waals surface area contributed by atoms with E-state index in [1.165, 1.54) is 7.11 Å². The lowest BCUT2D eigenvalue weighted by Gasteiger charge is -2.28. The summed E-state index contributed by atoms with van der Waals surface area (Å²) in [5, 5.41) is 0. The van der Waals surface area contributed by atoms with Crippen LogP contribution in [0.25, 0.3) is 0 Å². The molecule has 0 aromatic carbocycles. The third-order valence-corrected chi connectivity index (χ3v) is 4.20. The molecule has 0 aliphatic carbocycles. The van der Waals surface area contributed by atoms with Crippen LogP contribution in [0.4, 0.5) is 0 Å². The van der Waals surface area contributed by atoms with Crippen LogP contribution < -0.4 is 0 Å². The zero-order chi connectivity index (χ0) is 15.2. The first-order chi connectivity index (χ1) is 10.1. The lowest BCUT2D eigenvalue weighted by atomic mass is 10.0. The first-order valence-electron chi connectivity index (χ1n) is 7.70. The summed E-state index contributed by atoms with van der Waals surface area (Å²) >= 11 is 0. The number of hydrogen-bond acceptors (Lipinski definition) is 5. The number of rotatable bonds is 6. The second-order valence-corrected chi connectivity index (χ2v) is 5.80. The fraction of sp³-hybridized carbons (Fsp3) is 0.867. The van der Waals surface area contributed by atoms with E-state index in [0.717, 1.165) is 25.9 Å². The number of nitrogens with zero attached hydrogens (tertiary/aromatic N) is 1. The highest BCUT2D eigenvalue weighted by molar-refractivity contribution is 5.82. The summed E-state index contributed by atoms with van der Waals surface area (Å²) in [6.07, 6.45) is 2.78. The van der Waals surface area contributed by atoms with Gasteiger partial charge in [-0.3, -0.25) is 9.59 Å². The minimum Gasteiger partial charge on any atom is -0.469 e. The van der Waals surface area contributed by atoms with Gasteiger partial charge in [-0.15, -0.1) is 0 Å². The first kappa shape index (κ1) is 16.2. The molecular formula is C15H25NO5. The van der Waals surface area contributed by atoms with Crippen molar-refractivity contribution in [1.82, 2.24) is 4.90 Å². The zero-order valence-electron chi connectivity index (χ0n) is 12.9. The summed E-state index contributed by atoms with van der Waals surface area (Å²) in [5.74, 6) is -0.109. The van der Waals surface area contributed by atoms with Crippen molar-refractivity contribution >= 4 is 11.9 Å². The van der Waals surface area contributed by atoms with Gasteiger partial charge in [-0.05, 0) is 25.2 Å². The fourth-order valence-corrected chi connectivity index (χ4v) is 2.85. The molecule has 3 unspecified atom stereocenters. The van der Waals surface area contributed by atoms with Gasteiger partial charge in [0.2, 0.25) is 0 Å². The molecule has 2 fully saturated rings. The lowest BCUT2D eigenvalue weighted by Crippen LogP contribution is -2.45. The van der Waals surface area contributed by atoms with Crippen LogP contribution in [0.1, 0.15) is 32.6 Å². The van der Waals surface area contributed by atoms with Crippen molar-refractivity contribution in [3.8, 4) is 0 Å². The Bertz CT molecular complexity index is 367. The molecule has 2 saturated heterocycles. The molecule has 0 aromatic rings. The molecule has 6 nitrogen and oxygen atoms in total. The predicted molar refractivity (Wildman–Crippen MR) is 75.7 cm³/mol. The summed E-state index contributed by atoms with van der Waals surface area (Å²) in [5.41, 5.74) is 0. The maximum Gasteiger partial charge on any atom is 0.307 e. The quantitative estimate of drug-likeness (QED) is 0.684. The Morgan fingerprint density at radius 2 is 2.05 bits per heavy atom. The van der Waals surface area contributed by atoms with Gasteiger partial charge in [0.25, 0.3) is 5.91 Å². The van der Waals surface area contributed by atoms with Crippen molar-refractivity contribution in [3.05, 3.63) is 0 Å². The average Bonchev–Trinajstić information content (AvgIpc) is 3.13. The summed E-state index contributed by atoms with van der Waals surface area (Å²) in [7, 11) is 1.36. The number of hydrogen-bond donors (Lipinski definition) is 0. The summed E-state index contributed by atoms with van der Waals surface area (Å²) < 4.78 is 15.8. The number of amides is 1. The second kappa shape index (κ2) is 7.75. The van der Waals surface area contributed by atoms with Crippen molar-refractivity contribution < 1.29 is 23.8 Å². The number of carbonyl (C=O) groups excluding carboxylic acids is 2. The third-order valence-electron chi connectivity index (χ3n) is 4.20. The van der Waals surface area contributed by atoms with E-state index in [1.54, 1.807) is 4.90 Å². The standard InChI is InChI=1S/C15H25NO5/c1-11-6-9-21-14(11)15(18)16(7-5-13(17)19-2)10-12-4-3-8-20-12/h11-12,14H,3-10H2,1-2H3. The minimum absolute atomic E-state index is 0.0283. The minimum atomic E-state index is -0.385. The van der Waals surface area contributed by atoms with E-state index in [2.05, 4.69) is 4.74 Å². The lowest BCUT2D eigenvalue weighted by molar-refractivity contribution is -0.146. The van der Waals surface area contributed by atoms with Gasteiger partial charge in [0.05, 0.1) is 19.6 Å². The molecule has 1 amide bonds. The predicted octanol–water partition coefficient (Wildman–Crippen LogP) is 0.982. The summed E-state index contributed by atoms with van der Waals surface area (Å²) in [6, 6.07) is 0.